The van der Waals surface area contributed by atoms with Gasteiger partial charge in [-0.15, -0.1) is 0 Å². The molecule has 3 N–H and O–H groups in total. The zero-order valence-corrected chi connectivity index (χ0v) is 10.5. The molecule has 2 aromatic rings. The fourth-order valence-corrected chi connectivity index (χ4v) is 1.47. The molecule has 0 unspecified atom stereocenters. The van der Waals surface area contributed by atoms with E-state index in [2.05, 4.69) is 15.4 Å². The molecule has 0 aliphatic heterocycles. The minimum absolute atomic E-state index is 0.300. The minimum atomic E-state index is -0.300. The van der Waals surface area contributed by atoms with Crippen LogP contribution in [0, 0.1) is 0 Å². The van der Waals surface area contributed by atoms with Crippen molar-refractivity contribution in [3.8, 4) is 0 Å². The molecule has 0 aliphatic rings. The highest BCUT2D eigenvalue weighted by molar-refractivity contribution is 6.02. The van der Waals surface area contributed by atoms with E-state index in [9.17, 15) is 4.79 Å². The van der Waals surface area contributed by atoms with Crippen LogP contribution in [0.5, 0.6) is 0 Å². The van der Waals surface area contributed by atoms with Gasteiger partial charge in [0.05, 0.1) is 36.9 Å². The van der Waals surface area contributed by atoms with E-state index in [4.69, 9.17) is 10.5 Å². The number of nitrogens with one attached hydrogen (secondary N) is 1. The summed E-state index contributed by atoms with van der Waals surface area (Å²) in [4.78, 5) is 15.8. The lowest BCUT2D eigenvalue weighted by Crippen LogP contribution is -2.13. The van der Waals surface area contributed by atoms with Crippen LogP contribution in [0.25, 0.3) is 0 Å². The SMILES string of the molecule is COCCn1cc(NC(=O)c2ccc(N)cn2)cn1. The number of rotatable bonds is 5. The first kappa shape index (κ1) is 13.0. The van der Waals surface area contributed by atoms with Crippen molar-refractivity contribution in [2.75, 3.05) is 24.8 Å². The number of hydrogen-bond donors (Lipinski definition) is 2. The summed E-state index contributed by atoms with van der Waals surface area (Å²) in [5, 5.41) is 6.80. The number of nitrogens with two attached hydrogens (primary N) is 1. The highest BCUT2D eigenvalue weighted by Crippen LogP contribution is 2.08. The summed E-state index contributed by atoms with van der Waals surface area (Å²) in [5.41, 5.74) is 6.94. The number of amides is 1. The second kappa shape index (κ2) is 5.96. The van der Waals surface area contributed by atoms with Gasteiger partial charge in [0.2, 0.25) is 0 Å². The Hall–Kier alpha value is -2.41. The van der Waals surface area contributed by atoms with E-state index in [1.165, 1.54) is 6.20 Å². The second-order valence-electron chi connectivity index (χ2n) is 3.92. The average molecular weight is 261 g/mol. The van der Waals surface area contributed by atoms with E-state index < -0.39 is 0 Å². The molecule has 0 bridgehead atoms. The van der Waals surface area contributed by atoms with E-state index in [1.807, 2.05) is 0 Å². The number of carbonyl (C=O) groups is 1. The van der Waals surface area contributed by atoms with Crippen LogP contribution in [0.4, 0.5) is 11.4 Å². The van der Waals surface area contributed by atoms with E-state index >= 15 is 0 Å². The molecule has 0 atom stereocenters. The first-order valence-corrected chi connectivity index (χ1v) is 5.73. The maximum Gasteiger partial charge on any atom is 0.274 e. The fourth-order valence-electron chi connectivity index (χ4n) is 1.47. The standard InChI is InChI=1S/C12H15N5O2/c1-19-5-4-17-8-10(7-15-17)16-12(18)11-3-2-9(13)6-14-11/h2-3,6-8H,4-5,13H2,1H3,(H,16,18). The number of carbonyl (C=O) groups excluding carboxylic acids is 1. The maximum absolute atomic E-state index is 11.9. The van der Waals surface area contributed by atoms with Gasteiger partial charge in [-0.05, 0) is 12.1 Å². The van der Waals surface area contributed by atoms with Crippen LogP contribution in [-0.2, 0) is 11.3 Å². The second-order valence-corrected chi connectivity index (χ2v) is 3.92. The Labute approximate surface area is 110 Å². The summed E-state index contributed by atoms with van der Waals surface area (Å²) in [6, 6.07) is 3.20. The van der Waals surface area contributed by atoms with Gasteiger partial charge in [0.25, 0.3) is 5.91 Å². The molecule has 0 radical (unpaired) electrons. The normalized spacial score (nSPS) is 10.4. The number of anilines is 2. The Bertz CT molecular complexity index is 550. The molecule has 0 aliphatic carbocycles. The van der Waals surface area contributed by atoms with E-state index in [-0.39, 0.29) is 5.91 Å². The van der Waals surface area contributed by atoms with Crippen molar-refractivity contribution in [3.05, 3.63) is 36.4 Å². The number of aromatic nitrogens is 3. The molecular formula is C12H15N5O2. The number of pyridine rings is 1. The third-order valence-corrected chi connectivity index (χ3v) is 2.43. The van der Waals surface area contributed by atoms with Crippen LogP contribution in [0.1, 0.15) is 10.5 Å². The van der Waals surface area contributed by atoms with Gasteiger partial charge in [-0.2, -0.15) is 5.10 Å². The van der Waals surface area contributed by atoms with Gasteiger partial charge in [0.15, 0.2) is 0 Å². The largest absolute Gasteiger partial charge is 0.397 e. The van der Waals surface area contributed by atoms with Crippen LogP contribution in [0.15, 0.2) is 30.7 Å². The number of nitrogens with zero attached hydrogens (tertiary/aromatic N) is 3. The fraction of sp³-hybridized carbons (Fsp3) is 0.250. The van der Waals surface area contributed by atoms with E-state index in [0.717, 1.165) is 0 Å². The molecule has 100 valence electrons. The van der Waals surface area contributed by atoms with Crippen molar-refractivity contribution < 1.29 is 9.53 Å². The summed E-state index contributed by atoms with van der Waals surface area (Å²) in [5.74, 6) is -0.300. The topological polar surface area (TPSA) is 95.1 Å². The maximum atomic E-state index is 11.9. The van der Waals surface area contributed by atoms with Crippen LogP contribution in [-0.4, -0.2) is 34.4 Å². The Morgan fingerprint density at radius 2 is 2.32 bits per heavy atom. The van der Waals surface area contributed by atoms with Gasteiger partial charge in [0.1, 0.15) is 5.69 Å². The Morgan fingerprint density at radius 1 is 1.47 bits per heavy atom. The molecule has 0 saturated heterocycles. The third-order valence-electron chi connectivity index (χ3n) is 2.43. The van der Waals surface area contributed by atoms with E-state index in [1.54, 1.807) is 36.3 Å². The lowest BCUT2D eigenvalue weighted by Gasteiger charge is -2.02. The summed E-state index contributed by atoms with van der Waals surface area (Å²) < 4.78 is 6.64. The van der Waals surface area contributed by atoms with Gasteiger partial charge in [0, 0.05) is 13.3 Å². The Kier molecular flexibility index (Phi) is 4.09. The van der Waals surface area contributed by atoms with Gasteiger partial charge in [-0.25, -0.2) is 4.98 Å². The summed E-state index contributed by atoms with van der Waals surface area (Å²) >= 11 is 0. The predicted molar refractivity (Wildman–Crippen MR) is 70.7 cm³/mol. The van der Waals surface area contributed by atoms with Gasteiger partial charge < -0.3 is 15.8 Å². The van der Waals surface area contributed by atoms with Crippen LogP contribution < -0.4 is 11.1 Å². The van der Waals surface area contributed by atoms with Gasteiger partial charge in [-0.1, -0.05) is 0 Å². The van der Waals surface area contributed by atoms with Gasteiger partial charge >= 0.3 is 0 Å². The molecule has 7 heteroatoms. The minimum Gasteiger partial charge on any atom is -0.397 e. The molecule has 0 aromatic carbocycles. The molecule has 1 amide bonds. The molecular weight excluding hydrogens is 246 g/mol. The number of hydrogen-bond acceptors (Lipinski definition) is 5. The first-order chi connectivity index (χ1) is 9.19. The average Bonchev–Trinajstić information content (AvgIpc) is 2.84. The van der Waals surface area contributed by atoms with Crippen molar-refractivity contribution in [1.29, 1.82) is 0 Å². The number of nitrogen functional groups attached to an aromatic ring is 1. The van der Waals surface area contributed by atoms with Crippen LogP contribution >= 0.6 is 0 Å². The third kappa shape index (κ3) is 3.52. The Morgan fingerprint density at radius 3 is 3.00 bits per heavy atom. The first-order valence-electron chi connectivity index (χ1n) is 5.73. The highest BCUT2D eigenvalue weighted by atomic mass is 16.5. The van der Waals surface area contributed by atoms with Crippen LogP contribution in [0.3, 0.4) is 0 Å². The summed E-state index contributed by atoms with van der Waals surface area (Å²) in [7, 11) is 1.62. The van der Waals surface area contributed by atoms with Gasteiger partial charge in [-0.3, -0.25) is 9.48 Å². The zero-order valence-electron chi connectivity index (χ0n) is 10.5. The molecule has 0 spiro atoms. The smallest absolute Gasteiger partial charge is 0.274 e. The molecule has 2 aromatic heterocycles. The van der Waals surface area contributed by atoms with Crippen molar-refractivity contribution >= 4 is 17.3 Å². The highest BCUT2D eigenvalue weighted by Gasteiger charge is 2.08. The quantitative estimate of drug-likeness (QED) is 0.828. The molecule has 0 fully saturated rings. The van der Waals surface area contributed by atoms with Crippen molar-refractivity contribution in [2.24, 2.45) is 0 Å². The number of ether oxygens (including phenoxy) is 1. The van der Waals surface area contributed by atoms with Crippen molar-refractivity contribution in [1.82, 2.24) is 14.8 Å². The zero-order chi connectivity index (χ0) is 13.7. The predicted octanol–water partition coefficient (Wildman–Crippen LogP) is 0.759. The molecule has 0 saturated carbocycles. The van der Waals surface area contributed by atoms with E-state index in [0.29, 0.717) is 30.2 Å². The molecule has 7 nitrogen and oxygen atoms in total. The lowest BCUT2D eigenvalue weighted by molar-refractivity contribution is 0.102. The molecule has 19 heavy (non-hydrogen) atoms. The van der Waals surface area contributed by atoms with Crippen LogP contribution in [0.2, 0.25) is 0 Å². The van der Waals surface area contributed by atoms with Crippen molar-refractivity contribution in [2.45, 2.75) is 6.54 Å². The monoisotopic (exact) mass is 261 g/mol. The molecule has 2 heterocycles. The summed E-state index contributed by atoms with van der Waals surface area (Å²) in [6.07, 6.45) is 4.75. The molecule has 2 rings (SSSR count). The Balaban J connectivity index is 1.98. The lowest BCUT2D eigenvalue weighted by atomic mass is 10.3. The van der Waals surface area contributed by atoms with Crippen molar-refractivity contribution in [3.63, 3.8) is 0 Å². The summed E-state index contributed by atoms with van der Waals surface area (Å²) in [6.45, 7) is 1.20. The number of methoxy groups -OCH3 is 1.